The number of hydrogen-bond acceptors (Lipinski definition) is 3. The van der Waals surface area contributed by atoms with Crippen molar-refractivity contribution in [3.05, 3.63) is 71.3 Å². The van der Waals surface area contributed by atoms with Crippen LogP contribution in [-0.4, -0.2) is 45.2 Å². The van der Waals surface area contributed by atoms with Gasteiger partial charge in [0.25, 0.3) is 5.91 Å². The summed E-state index contributed by atoms with van der Waals surface area (Å²) in [6.45, 7) is 5.16. The molecule has 0 aromatic heterocycles. The van der Waals surface area contributed by atoms with E-state index in [-0.39, 0.29) is 36.0 Å². The lowest BCUT2D eigenvalue weighted by Crippen LogP contribution is -2.39. The molecule has 32 heavy (non-hydrogen) atoms. The topological polar surface area (TPSA) is 74.8 Å². The van der Waals surface area contributed by atoms with E-state index in [1.165, 1.54) is 5.56 Å². The molecule has 0 radical (unpaired) electrons. The van der Waals surface area contributed by atoms with Crippen LogP contribution >= 0.6 is 24.0 Å². The molecule has 0 saturated carbocycles. The van der Waals surface area contributed by atoms with E-state index in [1.54, 1.807) is 7.05 Å². The SMILES string of the molecule is CCNC(=NCC1CCCOC1c1ccccc1)NCCc1cccc(C(=O)NC)c1.I. The van der Waals surface area contributed by atoms with Crippen LogP contribution in [0.3, 0.4) is 0 Å². The Kier molecular flexibility index (Phi) is 11.5. The Hall–Kier alpha value is -2.13. The third-order valence-corrected chi connectivity index (χ3v) is 5.52. The fourth-order valence-electron chi connectivity index (χ4n) is 3.93. The van der Waals surface area contributed by atoms with Crippen molar-refractivity contribution < 1.29 is 9.53 Å². The molecule has 1 fully saturated rings. The molecule has 2 aromatic rings. The fraction of sp³-hybridized carbons (Fsp3) is 0.440. The first-order chi connectivity index (χ1) is 15.2. The largest absolute Gasteiger partial charge is 0.373 e. The van der Waals surface area contributed by atoms with Gasteiger partial charge in [0, 0.05) is 44.8 Å². The molecule has 174 valence electrons. The van der Waals surface area contributed by atoms with Gasteiger partial charge in [0.15, 0.2) is 5.96 Å². The van der Waals surface area contributed by atoms with Gasteiger partial charge < -0.3 is 20.7 Å². The number of halogens is 1. The molecule has 2 aromatic carbocycles. The summed E-state index contributed by atoms with van der Waals surface area (Å²) in [4.78, 5) is 16.7. The van der Waals surface area contributed by atoms with Crippen LogP contribution in [0.15, 0.2) is 59.6 Å². The number of nitrogens with zero attached hydrogens (tertiary/aromatic N) is 1. The predicted molar refractivity (Wildman–Crippen MR) is 141 cm³/mol. The maximum atomic E-state index is 11.8. The molecule has 0 aliphatic carbocycles. The quantitative estimate of drug-likeness (QED) is 0.265. The van der Waals surface area contributed by atoms with Gasteiger partial charge in [0.2, 0.25) is 0 Å². The van der Waals surface area contributed by atoms with Crippen LogP contribution in [0, 0.1) is 5.92 Å². The van der Waals surface area contributed by atoms with E-state index < -0.39 is 0 Å². The average Bonchev–Trinajstić information content (AvgIpc) is 2.83. The Balaban J connectivity index is 0.00000363. The van der Waals surface area contributed by atoms with E-state index in [1.807, 2.05) is 30.3 Å². The first kappa shape index (κ1) is 26.1. The molecular weight excluding hydrogens is 515 g/mol. The van der Waals surface area contributed by atoms with Gasteiger partial charge in [0.1, 0.15) is 0 Å². The highest BCUT2D eigenvalue weighted by molar-refractivity contribution is 14.0. The maximum Gasteiger partial charge on any atom is 0.251 e. The molecule has 1 amide bonds. The third kappa shape index (κ3) is 7.78. The molecule has 1 heterocycles. The van der Waals surface area contributed by atoms with Crippen LogP contribution < -0.4 is 16.0 Å². The molecule has 1 aliphatic rings. The number of carbonyl (C=O) groups excluding carboxylic acids is 1. The van der Waals surface area contributed by atoms with Gasteiger partial charge in [-0.15, -0.1) is 24.0 Å². The van der Waals surface area contributed by atoms with Crippen LogP contribution in [0.4, 0.5) is 0 Å². The Bertz CT molecular complexity index is 860. The molecule has 3 rings (SSSR count). The summed E-state index contributed by atoms with van der Waals surface area (Å²) in [5, 5.41) is 9.43. The van der Waals surface area contributed by atoms with E-state index in [0.717, 1.165) is 57.0 Å². The van der Waals surface area contributed by atoms with E-state index in [0.29, 0.717) is 11.5 Å². The van der Waals surface area contributed by atoms with Gasteiger partial charge in [-0.3, -0.25) is 9.79 Å². The minimum Gasteiger partial charge on any atom is -0.373 e. The van der Waals surface area contributed by atoms with Crippen LogP contribution in [0.25, 0.3) is 0 Å². The standard InChI is InChI=1S/C25H34N4O2.HI/c1-3-27-25(28-15-14-19-9-7-12-21(17-19)24(30)26-2)29-18-22-13-8-16-31-23(22)20-10-5-4-6-11-20;/h4-7,9-12,17,22-23H,3,8,13-16,18H2,1-2H3,(H,26,30)(H2,27,28,29);1H. The Morgan fingerprint density at radius 1 is 1.12 bits per heavy atom. The van der Waals surface area contributed by atoms with Gasteiger partial charge in [-0.1, -0.05) is 42.5 Å². The normalized spacial score (nSPS) is 18.4. The number of aliphatic imine (C=N–C) groups is 1. The molecule has 2 atom stereocenters. The average molecular weight is 550 g/mol. The van der Waals surface area contributed by atoms with Gasteiger partial charge in [0.05, 0.1) is 6.10 Å². The molecule has 7 heteroatoms. The van der Waals surface area contributed by atoms with Gasteiger partial charge >= 0.3 is 0 Å². The van der Waals surface area contributed by atoms with Gasteiger partial charge in [-0.2, -0.15) is 0 Å². The predicted octanol–water partition coefficient (Wildman–Crippen LogP) is 3.93. The van der Waals surface area contributed by atoms with Crippen LogP contribution in [-0.2, 0) is 11.2 Å². The first-order valence-corrected chi connectivity index (χ1v) is 11.2. The summed E-state index contributed by atoms with van der Waals surface area (Å²) in [7, 11) is 1.65. The van der Waals surface area contributed by atoms with Crippen molar-refractivity contribution in [2.24, 2.45) is 10.9 Å². The third-order valence-electron chi connectivity index (χ3n) is 5.52. The minimum absolute atomic E-state index is 0. The zero-order chi connectivity index (χ0) is 21.9. The monoisotopic (exact) mass is 550 g/mol. The summed E-state index contributed by atoms with van der Waals surface area (Å²) in [6, 6.07) is 18.2. The second-order valence-corrected chi connectivity index (χ2v) is 7.78. The number of carbonyl (C=O) groups is 1. The van der Waals surface area contributed by atoms with Crippen molar-refractivity contribution in [1.29, 1.82) is 0 Å². The number of amides is 1. The number of benzene rings is 2. The second-order valence-electron chi connectivity index (χ2n) is 7.78. The number of guanidine groups is 1. The summed E-state index contributed by atoms with van der Waals surface area (Å²) in [5.41, 5.74) is 3.04. The lowest BCUT2D eigenvalue weighted by Gasteiger charge is -2.31. The number of hydrogen-bond donors (Lipinski definition) is 3. The lowest BCUT2D eigenvalue weighted by atomic mass is 9.89. The molecule has 6 nitrogen and oxygen atoms in total. The summed E-state index contributed by atoms with van der Waals surface area (Å²) in [6.07, 6.45) is 3.12. The Morgan fingerprint density at radius 3 is 2.69 bits per heavy atom. The molecule has 3 N–H and O–H groups in total. The van der Waals surface area contributed by atoms with E-state index in [9.17, 15) is 4.79 Å². The highest BCUT2D eigenvalue weighted by Gasteiger charge is 2.27. The lowest BCUT2D eigenvalue weighted by molar-refractivity contribution is -0.0250. The molecule has 0 bridgehead atoms. The van der Waals surface area contributed by atoms with Crippen molar-refractivity contribution in [1.82, 2.24) is 16.0 Å². The Morgan fingerprint density at radius 2 is 1.94 bits per heavy atom. The van der Waals surface area contributed by atoms with Crippen molar-refractivity contribution in [3.63, 3.8) is 0 Å². The molecular formula is C25H35IN4O2. The number of rotatable bonds is 8. The van der Waals surface area contributed by atoms with Crippen LogP contribution in [0.5, 0.6) is 0 Å². The van der Waals surface area contributed by atoms with Crippen molar-refractivity contribution in [3.8, 4) is 0 Å². The Labute approximate surface area is 208 Å². The molecule has 0 spiro atoms. The van der Waals surface area contributed by atoms with E-state index >= 15 is 0 Å². The molecule has 1 saturated heterocycles. The van der Waals surface area contributed by atoms with Crippen LogP contribution in [0.2, 0.25) is 0 Å². The summed E-state index contributed by atoms with van der Waals surface area (Å²) >= 11 is 0. The van der Waals surface area contributed by atoms with Crippen molar-refractivity contribution >= 4 is 35.8 Å². The van der Waals surface area contributed by atoms with Crippen LogP contribution in [0.1, 0.15) is 47.4 Å². The number of ether oxygens (including phenoxy) is 1. The van der Waals surface area contributed by atoms with Gasteiger partial charge in [-0.25, -0.2) is 0 Å². The molecule has 1 aliphatic heterocycles. The first-order valence-electron chi connectivity index (χ1n) is 11.2. The van der Waals surface area contributed by atoms with E-state index in [2.05, 4.69) is 47.1 Å². The smallest absolute Gasteiger partial charge is 0.251 e. The second kappa shape index (κ2) is 14.1. The van der Waals surface area contributed by atoms with E-state index in [4.69, 9.17) is 9.73 Å². The van der Waals surface area contributed by atoms with Crippen molar-refractivity contribution in [2.75, 3.05) is 33.3 Å². The summed E-state index contributed by atoms with van der Waals surface area (Å²) < 4.78 is 6.10. The zero-order valence-corrected chi connectivity index (χ0v) is 21.3. The number of nitrogens with one attached hydrogen (secondary N) is 3. The minimum atomic E-state index is -0.0626. The highest BCUT2D eigenvalue weighted by atomic mass is 127. The molecule has 2 unspecified atom stereocenters. The van der Waals surface area contributed by atoms with Crippen molar-refractivity contribution in [2.45, 2.75) is 32.3 Å². The zero-order valence-electron chi connectivity index (χ0n) is 19.0. The highest BCUT2D eigenvalue weighted by Crippen LogP contribution is 2.33. The fourth-order valence-corrected chi connectivity index (χ4v) is 3.93. The van der Waals surface area contributed by atoms with Gasteiger partial charge in [-0.05, 0) is 49.4 Å². The summed E-state index contributed by atoms with van der Waals surface area (Å²) in [5.74, 6) is 1.13. The maximum absolute atomic E-state index is 11.8.